The summed E-state index contributed by atoms with van der Waals surface area (Å²) in [6.45, 7) is 9.05. The maximum Gasteiger partial charge on any atom is 0.220 e. The normalized spacial score (nSPS) is 15.4. The summed E-state index contributed by atoms with van der Waals surface area (Å²) < 4.78 is 0. The van der Waals surface area contributed by atoms with Crippen molar-refractivity contribution in [2.45, 2.75) is 71.1 Å². The molecule has 0 bridgehead atoms. The highest BCUT2D eigenvalue weighted by molar-refractivity contribution is 5.77. The van der Waals surface area contributed by atoms with Gasteiger partial charge in [0.2, 0.25) is 5.91 Å². The highest BCUT2D eigenvalue weighted by atomic mass is 16.3. The van der Waals surface area contributed by atoms with Gasteiger partial charge in [0.1, 0.15) is 0 Å². The summed E-state index contributed by atoms with van der Waals surface area (Å²) in [5.74, 6) is 0.704. The lowest BCUT2D eigenvalue weighted by Crippen LogP contribution is -2.50. The van der Waals surface area contributed by atoms with Crippen molar-refractivity contribution in [1.82, 2.24) is 10.6 Å². The lowest BCUT2D eigenvalue weighted by atomic mass is 9.96. The number of hydrogen-bond donors (Lipinski definition) is 3. The molecule has 0 radical (unpaired) electrons. The second-order valence-electron chi connectivity index (χ2n) is 8.89. The van der Waals surface area contributed by atoms with E-state index in [4.69, 9.17) is 0 Å². The number of hydrogen-bond acceptors (Lipinski definition) is 3. The van der Waals surface area contributed by atoms with Crippen LogP contribution in [0.3, 0.4) is 0 Å². The van der Waals surface area contributed by atoms with Crippen LogP contribution in [0.25, 0.3) is 0 Å². The fraction of sp³-hybridized carbons (Fsp3) is 0.500. The first-order chi connectivity index (χ1) is 14.3. The fourth-order valence-corrected chi connectivity index (χ4v) is 3.85. The zero-order valence-electron chi connectivity index (χ0n) is 18.8. The molecule has 4 nitrogen and oxygen atoms in total. The van der Waals surface area contributed by atoms with Crippen molar-refractivity contribution >= 4 is 5.91 Å². The minimum absolute atomic E-state index is 0.0263. The summed E-state index contributed by atoms with van der Waals surface area (Å²) in [5.41, 5.74) is 2.25. The molecule has 2 rings (SSSR count). The molecular formula is C26H38N2O2. The number of carbonyl (C=O) groups excluding carboxylic acids is 1. The van der Waals surface area contributed by atoms with Gasteiger partial charge in [0, 0.05) is 19.0 Å². The van der Waals surface area contributed by atoms with Gasteiger partial charge in [-0.25, -0.2) is 0 Å². The van der Waals surface area contributed by atoms with E-state index in [-0.39, 0.29) is 17.9 Å². The van der Waals surface area contributed by atoms with Gasteiger partial charge >= 0.3 is 0 Å². The zero-order valence-corrected chi connectivity index (χ0v) is 18.8. The standard InChI is InChI=1S/C26H38N2O2/c1-19(2)15-21(4)27-18-25(29)24(17-22-11-7-5-8-12-22)28-26(30)16-20(3)23-13-9-6-10-14-23/h5-14,19-21,24-25,27,29H,15-18H2,1-4H3,(H,28,30). The molecule has 0 aliphatic rings. The molecule has 2 aromatic carbocycles. The molecule has 1 amide bonds. The number of amides is 1. The van der Waals surface area contributed by atoms with Gasteiger partial charge in [0.15, 0.2) is 0 Å². The molecule has 3 N–H and O–H groups in total. The molecule has 4 heteroatoms. The van der Waals surface area contributed by atoms with E-state index in [9.17, 15) is 9.90 Å². The van der Waals surface area contributed by atoms with Crippen LogP contribution in [0, 0.1) is 5.92 Å². The number of rotatable bonds is 12. The number of carbonyl (C=O) groups is 1. The molecule has 2 aromatic rings. The van der Waals surface area contributed by atoms with Crippen LogP contribution in [0.15, 0.2) is 60.7 Å². The van der Waals surface area contributed by atoms with Crippen LogP contribution in [-0.4, -0.2) is 35.7 Å². The van der Waals surface area contributed by atoms with Crippen molar-refractivity contribution in [1.29, 1.82) is 0 Å². The first kappa shape index (κ1) is 24.1. The number of aliphatic hydroxyl groups is 1. The van der Waals surface area contributed by atoms with Gasteiger partial charge < -0.3 is 15.7 Å². The van der Waals surface area contributed by atoms with Crippen LogP contribution in [0.2, 0.25) is 0 Å². The van der Waals surface area contributed by atoms with Crippen molar-refractivity contribution in [3.05, 3.63) is 71.8 Å². The third-order valence-corrected chi connectivity index (χ3v) is 5.47. The topological polar surface area (TPSA) is 61.4 Å². The third-order valence-electron chi connectivity index (χ3n) is 5.47. The van der Waals surface area contributed by atoms with E-state index in [2.05, 4.69) is 38.3 Å². The minimum atomic E-state index is -0.657. The van der Waals surface area contributed by atoms with Crippen LogP contribution < -0.4 is 10.6 Å². The smallest absolute Gasteiger partial charge is 0.220 e. The summed E-state index contributed by atoms with van der Waals surface area (Å²) in [6.07, 6.45) is 1.40. The molecule has 0 aliphatic heterocycles. The molecular weight excluding hydrogens is 372 g/mol. The van der Waals surface area contributed by atoms with Gasteiger partial charge in [0.25, 0.3) is 0 Å². The molecule has 0 saturated carbocycles. The average molecular weight is 411 g/mol. The van der Waals surface area contributed by atoms with Gasteiger partial charge in [0.05, 0.1) is 12.1 Å². The number of benzene rings is 2. The molecule has 30 heavy (non-hydrogen) atoms. The van der Waals surface area contributed by atoms with Gasteiger partial charge in [-0.2, -0.15) is 0 Å². The van der Waals surface area contributed by atoms with Crippen LogP contribution in [0.1, 0.15) is 57.6 Å². The average Bonchev–Trinajstić information content (AvgIpc) is 2.72. The molecule has 0 fully saturated rings. The van der Waals surface area contributed by atoms with E-state index in [1.54, 1.807) is 0 Å². The molecule has 4 unspecified atom stereocenters. The summed E-state index contributed by atoms with van der Waals surface area (Å²) in [6, 6.07) is 20.1. The molecule has 0 heterocycles. The predicted octanol–water partition coefficient (Wildman–Crippen LogP) is 4.29. The maximum absolute atomic E-state index is 12.8. The van der Waals surface area contributed by atoms with Gasteiger partial charge in [-0.1, -0.05) is 81.4 Å². The Bertz CT molecular complexity index is 733. The molecule has 4 atom stereocenters. The van der Waals surface area contributed by atoms with Crippen LogP contribution >= 0.6 is 0 Å². The van der Waals surface area contributed by atoms with E-state index >= 15 is 0 Å². The van der Waals surface area contributed by atoms with Crippen molar-refractivity contribution in [3.8, 4) is 0 Å². The Morgan fingerprint density at radius 3 is 2.13 bits per heavy atom. The van der Waals surface area contributed by atoms with Crippen molar-refractivity contribution in [3.63, 3.8) is 0 Å². The number of aliphatic hydroxyl groups excluding tert-OH is 1. The molecule has 164 valence electrons. The third kappa shape index (κ3) is 8.68. The first-order valence-corrected chi connectivity index (χ1v) is 11.1. The van der Waals surface area contributed by atoms with Gasteiger partial charge in [-0.05, 0) is 42.7 Å². The Morgan fingerprint density at radius 2 is 1.53 bits per heavy atom. The van der Waals surface area contributed by atoms with Crippen molar-refractivity contribution in [2.24, 2.45) is 5.92 Å². The molecule has 0 aliphatic carbocycles. The highest BCUT2D eigenvalue weighted by Gasteiger charge is 2.23. The molecule has 0 spiro atoms. The quantitative estimate of drug-likeness (QED) is 0.489. The Labute approximate surface area is 182 Å². The Kier molecular flexibility index (Phi) is 10.0. The molecule has 0 aromatic heterocycles. The maximum atomic E-state index is 12.8. The summed E-state index contributed by atoms with van der Waals surface area (Å²) >= 11 is 0. The monoisotopic (exact) mass is 410 g/mol. The first-order valence-electron chi connectivity index (χ1n) is 11.1. The van der Waals surface area contributed by atoms with E-state index < -0.39 is 6.10 Å². The van der Waals surface area contributed by atoms with E-state index in [0.29, 0.717) is 31.3 Å². The molecule has 0 saturated heterocycles. The summed E-state index contributed by atoms with van der Waals surface area (Å²) in [7, 11) is 0. The van der Waals surface area contributed by atoms with E-state index in [1.165, 1.54) is 0 Å². The second-order valence-corrected chi connectivity index (χ2v) is 8.89. The van der Waals surface area contributed by atoms with Crippen LogP contribution in [-0.2, 0) is 11.2 Å². The van der Waals surface area contributed by atoms with Gasteiger partial charge in [-0.15, -0.1) is 0 Å². The fourth-order valence-electron chi connectivity index (χ4n) is 3.85. The minimum Gasteiger partial charge on any atom is -0.390 e. The van der Waals surface area contributed by atoms with Crippen LogP contribution in [0.4, 0.5) is 0 Å². The van der Waals surface area contributed by atoms with Crippen molar-refractivity contribution in [2.75, 3.05) is 6.54 Å². The predicted molar refractivity (Wildman–Crippen MR) is 124 cm³/mol. The number of nitrogens with one attached hydrogen (secondary N) is 2. The zero-order chi connectivity index (χ0) is 21.9. The largest absolute Gasteiger partial charge is 0.390 e. The van der Waals surface area contributed by atoms with E-state index in [1.807, 2.05) is 60.7 Å². The second kappa shape index (κ2) is 12.5. The Morgan fingerprint density at radius 1 is 0.933 bits per heavy atom. The highest BCUT2D eigenvalue weighted by Crippen LogP contribution is 2.18. The summed E-state index contributed by atoms with van der Waals surface area (Å²) in [4.78, 5) is 12.8. The van der Waals surface area contributed by atoms with Crippen LogP contribution in [0.5, 0.6) is 0 Å². The SMILES string of the molecule is CC(C)CC(C)NCC(O)C(Cc1ccccc1)NC(=O)CC(C)c1ccccc1. The van der Waals surface area contributed by atoms with E-state index in [0.717, 1.165) is 17.5 Å². The van der Waals surface area contributed by atoms with Gasteiger partial charge in [-0.3, -0.25) is 4.79 Å². The van der Waals surface area contributed by atoms with Crippen molar-refractivity contribution < 1.29 is 9.90 Å². The Hall–Kier alpha value is -2.17. The summed E-state index contributed by atoms with van der Waals surface area (Å²) in [5, 5.41) is 17.4. The Balaban J connectivity index is 1.98. The lowest BCUT2D eigenvalue weighted by molar-refractivity contribution is -0.123. The lowest BCUT2D eigenvalue weighted by Gasteiger charge is -2.27.